The molecule has 0 aliphatic carbocycles. The van der Waals surface area contributed by atoms with E-state index < -0.39 is 0 Å². The van der Waals surface area contributed by atoms with Crippen molar-refractivity contribution in [3.05, 3.63) is 94.5 Å². The predicted molar refractivity (Wildman–Crippen MR) is 122 cm³/mol. The second-order valence-corrected chi connectivity index (χ2v) is 8.61. The van der Waals surface area contributed by atoms with E-state index in [1.54, 1.807) is 7.11 Å². The first kappa shape index (κ1) is 19.2. The van der Waals surface area contributed by atoms with E-state index in [4.69, 9.17) is 4.74 Å². The van der Waals surface area contributed by atoms with Crippen LogP contribution in [0.5, 0.6) is 5.75 Å². The van der Waals surface area contributed by atoms with E-state index in [1.165, 1.54) is 33.5 Å². The molecule has 3 unspecified atom stereocenters. The molecule has 3 aromatic carbocycles. The van der Waals surface area contributed by atoms with Gasteiger partial charge < -0.3 is 9.64 Å². The maximum absolute atomic E-state index is 5.35. The lowest BCUT2D eigenvalue weighted by molar-refractivity contribution is 0.400. The van der Waals surface area contributed by atoms with Crippen molar-refractivity contribution < 1.29 is 4.74 Å². The van der Waals surface area contributed by atoms with Crippen molar-refractivity contribution in [2.75, 3.05) is 18.6 Å². The van der Waals surface area contributed by atoms with Crippen molar-refractivity contribution in [1.82, 2.24) is 10.9 Å². The lowest BCUT2D eigenvalue weighted by atomic mass is 9.81. The van der Waals surface area contributed by atoms with E-state index in [1.807, 2.05) is 0 Å². The standard InChI is InChI=1S/C26H29N3O/c1-17-4-7-19(8-5-17)15-29-16-23-25(20-9-11-21(30-3)12-10-20)27-28-26(23)22-14-18(2)6-13-24(22)29/h4-14,23,25-28H,15-16H2,1-3H3. The van der Waals surface area contributed by atoms with Crippen LogP contribution in [0.3, 0.4) is 0 Å². The van der Waals surface area contributed by atoms with E-state index in [9.17, 15) is 0 Å². The van der Waals surface area contributed by atoms with E-state index >= 15 is 0 Å². The van der Waals surface area contributed by atoms with Gasteiger partial charge in [-0.05, 0) is 48.7 Å². The van der Waals surface area contributed by atoms with Gasteiger partial charge in [-0.25, -0.2) is 10.9 Å². The van der Waals surface area contributed by atoms with Gasteiger partial charge in [0, 0.05) is 24.7 Å². The van der Waals surface area contributed by atoms with Gasteiger partial charge in [-0.3, -0.25) is 0 Å². The minimum atomic E-state index is 0.259. The number of benzene rings is 3. The van der Waals surface area contributed by atoms with Crippen LogP contribution >= 0.6 is 0 Å². The van der Waals surface area contributed by atoms with E-state index in [-0.39, 0.29) is 6.04 Å². The normalized spacial score (nSPS) is 22.5. The van der Waals surface area contributed by atoms with Crippen LogP contribution in [0.2, 0.25) is 0 Å². The zero-order valence-electron chi connectivity index (χ0n) is 17.9. The summed E-state index contributed by atoms with van der Waals surface area (Å²) in [7, 11) is 1.71. The van der Waals surface area contributed by atoms with E-state index in [0.717, 1.165) is 18.8 Å². The van der Waals surface area contributed by atoms with Gasteiger partial charge in [-0.2, -0.15) is 0 Å². The number of methoxy groups -OCH3 is 1. The summed E-state index contributed by atoms with van der Waals surface area (Å²) in [5.74, 6) is 1.34. The lowest BCUT2D eigenvalue weighted by Crippen LogP contribution is -2.39. The van der Waals surface area contributed by atoms with Gasteiger partial charge in [0.2, 0.25) is 0 Å². The van der Waals surface area contributed by atoms with Gasteiger partial charge in [-0.15, -0.1) is 0 Å². The Morgan fingerprint density at radius 1 is 0.867 bits per heavy atom. The third-order valence-electron chi connectivity index (χ3n) is 6.51. The second kappa shape index (κ2) is 7.78. The summed E-state index contributed by atoms with van der Waals surface area (Å²) in [5.41, 5.74) is 15.2. The summed E-state index contributed by atoms with van der Waals surface area (Å²) in [6.07, 6.45) is 0. The lowest BCUT2D eigenvalue weighted by Gasteiger charge is -2.39. The first-order valence-electron chi connectivity index (χ1n) is 10.7. The average Bonchev–Trinajstić information content (AvgIpc) is 3.19. The minimum absolute atomic E-state index is 0.259. The topological polar surface area (TPSA) is 36.5 Å². The molecule has 2 heterocycles. The number of ether oxygens (including phenoxy) is 1. The number of hydrazine groups is 1. The maximum Gasteiger partial charge on any atom is 0.118 e. The summed E-state index contributed by atoms with van der Waals surface area (Å²) >= 11 is 0. The number of nitrogens with zero attached hydrogens (tertiary/aromatic N) is 1. The molecular weight excluding hydrogens is 370 g/mol. The Hall–Kier alpha value is -2.82. The Kier molecular flexibility index (Phi) is 4.97. The van der Waals surface area contributed by atoms with Crippen molar-refractivity contribution in [3.8, 4) is 5.75 Å². The Labute approximate surface area is 178 Å². The highest BCUT2D eigenvalue weighted by atomic mass is 16.5. The molecule has 0 spiro atoms. The van der Waals surface area contributed by atoms with Crippen molar-refractivity contribution in [3.63, 3.8) is 0 Å². The number of rotatable bonds is 4. The van der Waals surface area contributed by atoms with Crippen LogP contribution in [-0.2, 0) is 6.54 Å². The highest BCUT2D eigenvalue weighted by molar-refractivity contribution is 5.60. The van der Waals surface area contributed by atoms with Crippen LogP contribution in [0.25, 0.3) is 0 Å². The molecule has 1 fully saturated rings. The van der Waals surface area contributed by atoms with Crippen molar-refractivity contribution in [1.29, 1.82) is 0 Å². The Balaban J connectivity index is 1.49. The third kappa shape index (κ3) is 3.47. The van der Waals surface area contributed by atoms with Gasteiger partial charge >= 0.3 is 0 Å². The van der Waals surface area contributed by atoms with Crippen LogP contribution < -0.4 is 20.5 Å². The van der Waals surface area contributed by atoms with Gasteiger partial charge in [0.15, 0.2) is 0 Å². The number of nitrogens with one attached hydrogen (secondary N) is 2. The largest absolute Gasteiger partial charge is 0.497 e. The molecule has 0 aromatic heterocycles. The second-order valence-electron chi connectivity index (χ2n) is 8.61. The smallest absolute Gasteiger partial charge is 0.118 e. The maximum atomic E-state index is 5.35. The molecule has 4 nitrogen and oxygen atoms in total. The van der Waals surface area contributed by atoms with Crippen LogP contribution in [0, 0.1) is 19.8 Å². The van der Waals surface area contributed by atoms with Gasteiger partial charge in [0.25, 0.3) is 0 Å². The first-order valence-corrected chi connectivity index (χ1v) is 10.7. The van der Waals surface area contributed by atoms with Gasteiger partial charge in [0.1, 0.15) is 5.75 Å². The molecule has 154 valence electrons. The van der Waals surface area contributed by atoms with E-state index in [0.29, 0.717) is 12.0 Å². The van der Waals surface area contributed by atoms with Gasteiger partial charge in [-0.1, -0.05) is 59.7 Å². The van der Waals surface area contributed by atoms with Crippen LogP contribution in [-0.4, -0.2) is 13.7 Å². The number of fused-ring (bicyclic) bond motifs is 3. The summed E-state index contributed by atoms with van der Waals surface area (Å²) in [6.45, 7) is 6.25. The zero-order chi connectivity index (χ0) is 20.7. The number of anilines is 1. The average molecular weight is 400 g/mol. The van der Waals surface area contributed by atoms with Crippen LogP contribution in [0.15, 0.2) is 66.7 Å². The molecule has 4 heteroatoms. The third-order valence-corrected chi connectivity index (χ3v) is 6.51. The molecule has 2 aliphatic rings. The summed E-state index contributed by atoms with van der Waals surface area (Å²) in [6, 6.07) is 24.8. The molecule has 2 aliphatic heterocycles. The molecule has 0 radical (unpaired) electrons. The van der Waals surface area contributed by atoms with E-state index in [2.05, 4.69) is 96.3 Å². The Morgan fingerprint density at radius 3 is 2.30 bits per heavy atom. The molecule has 3 atom stereocenters. The molecule has 0 saturated carbocycles. The molecule has 1 saturated heterocycles. The molecule has 0 amide bonds. The minimum Gasteiger partial charge on any atom is -0.497 e. The fourth-order valence-electron chi connectivity index (χ4n) is 4.87. The molecule has 0 bridgehead atoms. The SMILES string of the molecule is COc1ccc(C2NNC3c4cc(C)ccc4N(Cc4ccc(C)cc4)CC23)cc1. The fourth-order valence-corrected chi connectivity index (χ4v) is 4.87. The van der Waals surface area contributed by atoms with Crippen molar-refractivity contribution in [2.45, 2.75) is 32.5 Å². The monoisotopic (exact) mass is 399 g/mol. The predicted octanol–water partition coefficient (Wildman–Crippen LogP) is 4.84. The molecule has 30 heavy (non-hydrogen) atoms. The van der Waals surface area contributed by atoms with Gasteiger partial charge in [0.05, 0.1) is 19.2 Å². The summed E-state index contributed by atoms with van der Waals surface area (Å²) < 4.78 is 5.35. The molecule has 3 aromatic rings. The Morgan fingerprint density at radius 2 is 1.57 bits per heavy atom. The summed E-state index contributed by atoms with van der Waals surface area (Å²) in [4.78, 5) is 2.55. The highest BCUT2D eigenvalue weighted by Gasteiger charge is 2.43. The van der Waals surface area contributed by atoms with Crippen LogP contribution in [0.4, 0.5) is 5.69 Å². The molecule has 2 N–H and O–H groups in total. The zero-order valence-corrected chi connectivity index (χ0v) is 17.9. The fraction of sp³-hybridized carbons (Fsp3) is 0.308. The number of hydrogen-bond donors (Lipinski definition) is 2. The number of aryl methyl sites for hydroxylation is 2. The van der Waals surface area contributed by atoms with Crippen molar-refractivity contribution in [2.24, 2.45) is 5.92 Å². The Bertz CT molecular complexity index is 1030. The summed E-state index contributed by atoms with van der Waals surface area (Å²) in [5, 5.41) is 0. The number of hydrogen-bond acceptors (Lipinski definition) is 4. The first-order chi connectivity index (χ1) is 14.6. The van der Waals surface area contributed by atoms with Crippen molar-refractivity contribution >= 4 is 5.69 Å². The quantitative estimate of drug-likeness (QED) is 0.658. The highest BCUT2D eigenvalue weighted by Crippen LogP contribution is 2.46. The van der Waals surface area contributed by atoms with Crippen LogP contribution in [0.1, 0.15) is 39.9 Å². The molecular formula is C26H29N3O. The molecule has 5 rings (SSSR count).